The zero-order valence-electron chi connectivity index (χ0n) is 13.4. The zero-order chi connectivity index (χ0) is 16.3. The molecule has 0 spiro atoms. The maximum absolute atomic E-state index is 11.3. The molecule has 0 fully saturated rings. The van der Waals surface area contributed by atoms with E-state index in [0.717, 1.165) is 18.6 Å². The van der Waals surface area contributed by atoms with Crippen LogP contribution in [-0.2, 0) is 15.5 Å². The lowest BCUT2D eigenvalue weighted by atomic mass is 9.73. The molecule has 0 amide bonds. The molecule has 5 heteroatoms. The van der Waals surface area contributed by atoms with Crippen molar-refractivity contribution in [2.75, 3.05) is 12.9 Å². The minimum Gasteiger partial charge on any atom is -0.497 e. The fourth-order valence-electron chi connectivity index (χ4n) is 3.21. The molecular weight excluding hydrogens is 308 g/mol. The predicted molar refractivity (Wildman–Crippen MR) is 88.5 cm³/mol. The first-order valence-electron chi connectivity index (χ1n) is 6.98. The van der Waals surface area contributed by atoms with Crippen molar-refractivity contribution in [2.45, 2.75) is 40.5 Å². The molecule has 120 valence electrons. The quantitative estimate of drug-likeness (QED) is 0.701. The Labute approximate surface area is 133 Å². The Morgan fingerprint density at radius 3 is 2.29 bits per heavy atom. The highest BCUT2D eigenvalue weighted by molar-refractivity contribution is 8.13. The fourth-order valence-corrected chi connectivity index (χ4v) is 5.13. The molecule has 0 heterocycles. The van der Waals surface area contributed by atoms with E-state index in [4.69, 9.17) is 15.4 Å². The van der Waals surface area contributed by atoms with Crippen molar-refractivity contribution < 1.29 is 13.2 Å². The Hall–Kier alpha value is -0.740. The van der Waals surface area contributed by atoms with Gasteiger partial charge in [-0.2, -0.15) is 0 Å². The first-order valence-corrected chi connectivity index (χ1v) is 9.46. The second kappa shape index (κ2) is 6.57. The molecule has 0 aliphatic rings. The second-order valence-electron chi connectivity index (χ2n) is 7.22. The van der Waals surface area contributed by atoms with E-state index in [1.165, 1.54) is 5.56 Å². The third-order valence-electron chi connectivity index (χ3n) is 3.34. The Bertz CT molecular complexity index is 577. The summed E-state index contributed by atoms with van der Waals surface area (Å²) in [6.07, 6.45) is 1.62. The molecule has 21 heavy (non-hydrogen) atoms. The average Bonchev–Trinajstić information content (AvgIpc) is 2.23. The minimum atomic E-state index is -3.49. The van der Waals surface area contributed by atoms with Crippen LogP contribution < -0.4 is 4.74 Å². The maximum Gasteiger partial charge on any atom is 0.233 e. The van der Waals surface area contributed by atoms with E-state index in [1.807, 2.05) is 32.0 Å². The van der Waals surface area contributed by atoms with E-state index in [0.29, 0.717) is 0 Å². The summed E-state index contributed by atoms with van der Waals surface area (Å²) in [6, 6.07) is 7.97. The van der Waals surface area contributed by atoms with Gasteiger partial charge in [0, 0.05) is 10.7 Å². The molecule has 0 aliphatic heterocycles. The summed E-state index contributed by atoms with van der Waals surface area (Å²) < 4.78 is 27.9. The highest BCUT2D eigenvalue weighted by Crippen LogP contribution is 2.38. The minimum absolute atomic E-state index is 0.0108. The van der Waals surface area contributed by atoms with Crippen LogP contribution in [0.4, 0.5) is 0 Å². The SMILES string of the molecule is COc1cccc(CC(C)(C)CC(C)(C)CS(=O)(=O)Cl)c1. The van der Waals surface area contributed by atoms with Crippen molar-refractivity contribution in [3.05, 3.63) is 29.8 Å². The molecule has 0 unspecified atom stereocenters. The van der Waals surface area contributed by atoms with Crippen LogP contribution in [0.5, 0.6) is 5.75 Å². The summed E-state index contributed by atoms with van der Waals surface area (Å²) in [7, 11) is 3.57. The lowest BCUT2D eigenvalue weighted by molar-refractivity contribution is 0.214. The van der Waals surface area contributed by atoms with Gasteiger partial charge in [-0.25, -0.2) is 8.42 Å². The number of halogens is 1. The lowest BCUT2D eigenvalue weighted by Crippen LogP contribution is -2.29. The molecule has 0 atom stereocenters. The number of benzene rings is 1. The molecule has 0 aliphatic carbocycles. The van der Waals surface area contributed by atoms with E-state index in [9.17, 15) is 8.42 Å². The Morgan fingerprint density at radius 1 is 1.14 bits per heavy atom. The molecule has 1 aromatic rings. The third-order valence-corrected chi connectivity index (χ3v) is 4.79. The molecule has 0 N–H and O–H groups in total. The smallest absolute Gasteiger partial charge is 0.233 e. The molecular formula is C16H25ClO3S. The van der Waals surface area contributed by atoms with Crippen LogP contribution >= 0.6 is 10.7 Å². The Kier molecular flexibility index (Phi) is 5.73. The largest absolute Gasteiger partial charge is 0.497 e. The molecule has 1 aromatic carbocycles. The molecule has 0 bridgehead atoms. The first-order chi connectivity index (χ1) is 9.42. The van der Waals surface area contributed by atoms with E-state index in [1.54, 1.807) is 7.11 Å². The van der Waals surface area contributed by atoms with E-state index in [-0.39, 0.29) is 16.6 Å². The topological polar surface area (TPSA) is 43.4 Å². The molecule has 0 aromatic heterocycles. The van der Waals surface area contributed by atoms with E-state index < -0.39 is 9.05 Å². The monoisotopic (exact) mass is 332 g/mol. The molecule has 1 rings (SSSR count). The van der Waals surface area contributed by atoms with Gasteiger partial charge < -0.3 is 4.74 Å². The summed E-state index contributed by atoms with van der Waals surface area (Å²) in [4.78, 5) is 0. The predicted octanol–water partition coefficient (Wildman–Crippen LogP) is 4.25. The number of methoxy groups -OCH3 is 1. The molecule has 0 saturated heterocycles. The van der Waals surface area contributed by atoms with Crippen LogP contribution in [0.1, 0.15) is 39.7 Å². The number of hydrogen-bond acceptors (Lipinski definition) is 3. The van der Waals surface area contributed by atoms with Crippen LogP contribution in [0.25, 0.3) is 0 Å². The number of hydrogen-bond donors (Lipinski definition) is 0. The standard InChI is InChI=1S/C16H25ClO3S/c1-15(2,11-16(3,4)12-21(17,18)19)10-13-7-6-8-14(9-13)20-5/h6-9H,10-12H2,1-5H3. The highest BCUT2D eigenvalue weighted by Gasteiger charge is 2.32. The molecule has 0 saturated carbocycles. The molecule has 0 radical (unpaired) electrons. The van der Waals surface area contributed by atoms with Crippen LogP contribution in [0.15, 0.2) is 24.3 Å². The van der Waals surface area contributed by atoms with Crippen LogP contribution in [0.2, 0.25) is 0 Å². The molecule has 3 nitrogen and oxygen atoms in total. The van der Waals surface area contributed by atoms with Gasteiger partial charge in [0.05, 0.1) is 12.9 Å². The summed E-state index contributed by atoms with van der Waals surface area (Å²) in [5, 5.41) is 0. The van der Waals surface area contributed by atoms with Gasteiger partial charge in [0.2, 0.25) is 9.05 Å². The Morgan fingerprint density at radius 2 is 1.76 bits per heavy atom. The van der Waals surface area contributed by atoms with Crippen molar-refractivity contribution >= 4 is 19.7 Å². The van der Waals surface area contributed by atoms with Crippen LogP contribution in [0.3, 0.4) is 0 Å². The lowest BCUT2D eigenvalue weighted by Gasteiger charge is -2.34. The fraction of sp³-hybridized carbons (Fsp3) is 0.625. The van der Waals surface area contributed by atoms with Gasteiger partial charge in [-0.1, -0.05) is 39.8 Å². The van der Waals surface area contributed by atoms with Gasteiger partial charge in [0.15, 0.2) is 0 Å². The normalized spacial score (nSPS) is 13.2. The van der Waals surface area contributed by atoms with Crippen molar-refractivity contribution in [3.8, 4) is 5.75 Å². The maximum atomic E-state index is 11.3. The zero-order valence-corrected chi connectivity index (χ0v) is 15.0. The van der Waals surface area contributed by atoms with E-state index in [2.05, 4.69) is 19.9 Å². The average molecular weight is 333 g/mol. The van der Waals surface area contributed by atoms with E-state index >= 15 is 0 Å². The van der Waals surface area contributed by atoms with Gasteiger partial charge in [0.1, 0.15) is 5.75 Å². The van der Waals surface area contributed by atoms with Crippen LogP contribution in [-0.4, -0.2) is 21.3 Å². The van der Waals surface area contributed by atoms with Crippen molar-refractivity contribution in [1.82, 2.24) is 0 Å². The van der Waals surface area contributed by atoms with Gasteiger partial charge in [-0.05, 0) is 41.4 Å². The third kappa shape index (κ3) is 7.18. The number of ether oxygens (including phenoxy) is 1. The highest BCUT2D eigenvalue weighted by atomic mass is 35.7. The Balaban J connectivity index is 2.81. The van der Waals surface area contributed by atoms with Gasteiger partial charge in [-0.15, -0.1) is 0 Å². The van der Waals surface area contributed by atoms with Crippen molar-refractivity contribution in [1.29, 1.82) is 0 Å². The summed E-state index contributed by atoms with van der Waals surface area (Å²) >= 11 is 0. The van der Waals surface area contributed by atoms with Crippen LogP contribution in [0, 0.1) is 10.8 Å². The summed E-state index contributed by atoms with van der Waals surface area (Å²) in [5.41, 5.74) is 0.796. The van der Waals surface area contributed by atoms with Crippen molar-refractivity contribution in [2.24, 2.45) is 10.8 Å². The number of rotatable bonds is 7. The van der Waals surface area contributed by atoms with Gasteiger partial charge in [0.25, 0.3) is 0 Å². The second-order valence-corrected chi connectivity index (χ2v) is 9.99. The van der Waals surface area contributed by atoms with Gasteiger partial charge >= 0.3 is 0 Å². The first kappa shape index (κ1) is 18.3. The van der Waals surface area contributed by atoms with Gasteiger partial charge in [-0.3, -0.25) is 0 Å². The summed E-state index contributed by atoms with van der Waals surface area (Å²) in [5.74, 6) is 0.828. The van der Waals surface area contributed by atoms with Crippen molar-refractivity contribution in [3.63, 3.8) is 0 Å². The summed E-state index contributed by atoms with van der Waals surface area (Å²) in [6.45, 7) is 8.19.